The molecule has 2 aromatic rings. The van der Waals surface area contributed by atoms with Gasteiger partial charge in [0.2, 0.25) is 0 Å². The molecular formula is C11H9N3O4S. The van der Waals surface area contributed by atoms with Gasteiger partial charge in [-0.2, -0.15) is 4.98 Å². The lowest BCUT2D eigenvalue weighted by molar-refractivity contribution is 0.0696. The molecular weight excluding hydrogens is 270 g/mol. The van der Waals surface area contributed by atoms with E-state index in [-0.39, 0.29) is 10.7 Å². The predicted octanol–water partition coefficient (Wildman–Crippen LogP) is 0.318. The maximum atomic E-state index is 11.2. The molecule has 0 unspecified atom stereocenters. The maximum absolute atomic E-state index is 11.2. The third kappa shape index (κ3) is 2.91. The summed E-state index contributed by atoms with van der Waals surface area (Å²) in [4.78, 5) is 37.3. The first-order valence-electron chi connectivity index (χ1n) is 5.16. The summed E-state index contributed by atoms with van der Waals surface area (Å²) in [5.74, 6) is -1.04. The van der Waals surface area contributed by atoms with Gasteiger partial charge in [-0.05, 0) is 18.2 Å². The number of carbonyl (C=O) groups is 1. The predicted molar refractivity (Wildman–Crippen MR) is 67.6 cm³/mol. The van der Waals surface area contributed by atoms with Crippen LogP contribution in [0.4, 0.5) is 0 Å². The fourth-order valence-electron chi connectivity index (χ4n) is 1.35. The first kappa shape index (κ1) is 13.1. The van der Waals surface area contributed by atoms with Gasteiger partial charge in [0.1, 0.15) is 0 Å². The van der Waals surface area contributed by atoms with Gasteiger partial charge in [0.25, 0.3) is 0 Å². The van der Waals surface area contributed by atoms with Crippen LogP contribution in [-0.2, 0) is 7.05 Å². The summed E-state index contributed by atoms with van der Waals surface area (Å²) in [6.45, 7) is 0. The van der Waals surface area contributed by atoms with Crippen molar-refractivity contribution in [2.24, 2.45) is 7.05 Å². The molecule has 0 amide bonds. The zero-order valence-electron chi connectivity index (χ0n) is 9.78. The van der Waals surface area contributed by atoms with Crippen LogP contribution >= 0.6 is 11.8 Å². The molecule has 8 heteroatoms. The number of nitrogens with one attached hydrogen (secondary N) is 1. The Labute approximate surface area is 110 Å². The second-order valence-electron chi connectivity index (χ2n) is 3.63. The molecule has 0 radical (unpaired) electrons. The summed E-state index contributed by atoms with van der Waals surface area (Å²) in [5, 5.41) is 11.5. The molecule has 2 rings (SSSR count). The molecule has 0 aliphatic carbocycles. The Balaban J connectivity index is 2.39. The van der Waals surface area contributed by atoms with Gasteiger partial charge in [0.05, 0.1) is 5.56 Å². The fourth-order valence-corrected chi connectivity index (χ4v) is 2.20. The Morgan fingerprint density at radius 2 is 2.16 bits per heavy atom. The number of benzene rings is 1. The highest BCUT2D eigenvalue weighted by molar-refractivity contribution is 7.99. The van der Waals surface area contributed by atoms with Crippen molar-refractivity contribution in [1.82, 2.24) is 14.8 Å². The summed E-state index contributed by atoms with van der Waals surface area (Å²) in [5.41, 5.74) is -1.54. The van der Waals surface area contributed by atoms with E-state index >= 15 is 0 Å². The van der Waals surface area contributed by atoms with Gasteiger partial charge in [-0.3, -0.25) is 19.4 Å². The molecule has 1 aromatic heterocycles. The highest BCUT2D eigenvalue weighted by Gasteiger charge is 2.08. The van der Waals surface area contributed by atoms with Crippen molar-refractivity contribution in [2.75, 3.05) is 0 Å². The average molecular weight is 279 g/mol. The molecule has 0 saturated heterocycles. The van der Waals surface area contributed by atoms with E-state index in [1.807, 2.05) is 0 Å². The molecule has 0 bridgehead atoms. The first-order chi connectivity index (χ1) is 8.97. The van der Waals surface area contributed by atoms with Crippen molar-refractivity contribution >= 4 is 17.7 Å². The zero-order chi connectivity index (χ0) is 14.0. The van der Waals surface area contributed by atoms with E-state index in [0.29, 0.717) is 4.90 Å². The van der Waals surface area contributed by atoms with Crippen LogP contribution in [0.3, 0.4) is 0 Å². The lowest BCUT2D eigenvalue weighted by Crippen LogP contribution is -2.33. The van der Waals surface area contributed by atoms with Crippen molar-refractivity contribution in [3.8, 4) is 0 Å². The van der Waals surface area contributed by atoms with Gasteiger partial charge in [0.15, 0.2) is 5.16 Å². The maximum Gasteiger partial charge on any atom is 0.339 e. The van der Waals surface area contributed by atoms with E-state index in [0.717, 1.165) is 11.8 Å². The van der Waals surface area contributed by atoms with E-state index < -0.39 is 17.1 Å². The Hall–Kier alpha value is -2.35. The SMILES string of the molecule is Cn1[nH]c(=O)c(=O)nc1Sc1cccc(C(=O)O)c1. The standard InChI is InChI=1S/C11H9N3O4S/c1-14-11(12-8(15)9(16)13-14)19-7-4-2-3-6(5-7)10(17)18/h2-5H,1H3,(H,13,16)(H,17,18). The van der Waals surface area contributed by atoms with Gasteiger partial charge in [-0.1, -0.05) is 17.8 Å². The lowest BCUT2D eigenvalue weighted by Gasteiger charge is -2.06. The second kappa shape index (κ2) is 5.11. The molecule has 0 saturated carbocycles. The zero-order valence-corrected chi connectivity index (χ0v) is 10.6. The van der Waals surface area contributed by atoms with Crippen LogP contribution < -0.4 is 11.1 Å². The smallest absolute Gasteiger partial charge is 0.339 e. The average Bonchev–Trinajstić information content (AvgIpc) is 2.36. The van der Waals surface area contributed by atoms with Gasteiger partial charge in [-0.15, -0.1) is 0 Å². The number of hydrogen-bond acceptors (Lipinski definition) is 5. The van der Waals surface area contributed by atoms with Crippen molar-refractivity contribution in [3.05, 3.63) is 50.5 Å². The summed E-state index contributed by atoms with van der Waals surface area (Å²) in [7, 11) is 1.54. The minimum Gasteiger partial charge on any atom is -0.478 e. The van der Waals surface area contributed by atoms with Crippen LogP contribution in [0.1, 0.15) is 10.4 Å². The van der Waals surface area contributed by atoms with Crippen LogP contribution in [0.25, 0.3) is 0 Å². The van der Waals surface area contributed by atoms with Crippen LogP contribution in [0.5, 0.6) is 0 Å². The number of rotatable bonds is 3. The number of aromatic nitrogens is 3. The monoisotopic (exact) mass is 279 g/mol. The molecule has 1 heterocycles. The molecule has 2 N–H and O–H groups in total. The van der Waals surface area contributed by atoms with Crippen molar-refractivity contribution in [3.63, 3.8) is 0 Å². The Kier molecular flexibility index (Phi) is 3.52. The Bertz CT molecular complexity index is 750. The quantitative estimate of drug-likeness (QED) is 0.784. The third-order valence-electron chi connectivity index (χ3n) is 2.24. The second-order valence-corrected chi connectivity index (χ2v) is 4.68. The minimum absolute atomic E-state index is 0.138. The molecule has 0 aliphatic rings. The number of aromatic amines is 1. The van der Waals surface area contributed by atoms with E-state index in [1.54, 1.807) is 12.1 Å². The van der Waals surface area contributed by atoms with Gasteiger partial charge >= 0.3 is 17.1 Å². The summed E-state index contributed by atoms with van der Waals surface area (Å²) >= 11 is 1.09. The largest absolute Gasteiger partial charge is 0.478 e. The van der Waals surface area contributed by atoms with E-state index in [2.05, 4.69) is 10.1 Å². The van der Waals surface area contributed by atoms with Crippen LogP contribution in [0.15, 0.2) is 43.9 Å². The van der Waals surface area contributed by atoms with Crippen molar-refractivity contribution in [1.29, 1.82) is 0 Å². The highest BCUT2D eigenvalue weighted by atomic mass is 32.2. The topological polar surface area (TPSA) is 105 Å². The van der Waals surface area contributed by atoms with Crippen molar-refractivity contribution in [2.45, 2.75) is 10.1 Å². The molecule has 0 spiro atoms. The molecule has 19 heavy (non-hydrogen) atoms. The van der Waals surface area contributed by atoms with Crippen molar-refractivity contribution < 1.29 is 9.90 Å². The van der Waals surface area contributed by atoms with Gasteiger partial charge in [-0.25, -0.2) is 4.79 Å². The minimum atomic E-state index is -1.04. The number of hydrogen-bond donors (Lipinski definition) is 2. The summed E-state index contributed by atoms with van der Waals surface area (Å²) < 4.78 is 1.31. The van der Waals surface area contributed by atoms with Gasteiger partial charge < -0.3 is 5.11 Å². The third-order valence-corrected chi connectivity index (χ3v) is 3.28. The lowest BCUT2D eigenvalue weighted by atomic mass is 10.2. The fraction of sp³-hybridized carbons (Fsp3) is 0.0909. The number of aryl methyl sites for hydroxylation is 1. The molecule has 7 nitrogen and oxygen atoms in total. The number of carboxylic acids is 1. The first-order valence-corrected chi connectivity index (χ1v) is 5.97. The van der Waals surface area contributed by atoms with E-state index in [1.165, 1.54) is 23.9 Å². The number of nitrogens with zero attached hydrogens (tertiary/aromatic N) is 2. The summed E-state index contributed by atoms with van der Waals surface area (Å²) in [6.07, 6.45) is 0. The normalized spacial score (nSPS) is 10.4. The molecule has 0 aliphatic heterocycles. The molecule has 0 atom stereocenters. The molecule has 98 valence electrons. The Morgan fingerprint density at radius 3 is 2.84 bits per heavy atom. The van der Waals surface area contributed by atoms with E-state index in [4.69, 9.17) is 5.11 Å². The van der Waals surface area contributed by atoms with E-state index in [9.17, 15) is 14.4 Å². The van der Waals surface area contributed by atoms with Gasteiger partial charge in [0, 0.05) is 11.9 Å². The van der Waals surface area contributed by atoms with Crippen LogP contribution in [-0.4, -0.2) is 25.8 Å². The highest BCUT2D eigenvalue weighted by Crippen LogP contribution is 2.24. The number of aromatic carboxylic acids is 1. The molecule has 0 fully saturated rings. The van der Waals surface area contributed by atoms with Crippen LogP contribution in [0, 0.1) is 0 Å². The summed E-state index contributed by atoms with van der Waals surface area (Å²) in [6, 6.07) is 6.21. The number of H-pyrrole nitrogens is 1. The number of carboxylic acid groups (broad SMARTS) is 1. The van der Waals surface area contributed by atoms with Crippen LogP contribution in [0.2, 0.25) is 0 Å². The Morgan fingerprint density at radius 1 is 1.42 bits per heavy atom. The molecule has 1 aromatic carbocycles.